The fourth-order valence-corrected chi connectivity index (χ4v) is 3.29. The van der Waals surface area contributed by atoms with Crippen molar-refractivity contribution in [3.05, 3.63) is 54.1 Å². The third-order valence-corrected chi connectivity index (χ3v) is 4.58. The van der Waals surface area contributed by atoms with Crippen LogP contribution in [-0.4, -0.2) is 16.9 Å². The molecule has 1 aliphatic carbocycles. The normalized spacial score (nSPS) is 20.3. The number of carbonyl (C=O) groups excluding carboxylic acids is 1. The zero-order valence-corrected chi connectivity index (χ0v) is 12.7. The van der Waals surface area contributed by atoms with Crippen molar-refractivity contribution < 1.29 is 14.7 Å². The second-order valence-corrected chi connectivity index (χ2v) is 6.05. The average Bonchev–Trinajstić information content (AvgIpc) is 3.05. The molecule has 0 heterocycles. The molecule has 2 aromatic carbocycles. The second-order valence-electron chi connectivity index (χ2n) is 6.05. The van der Waals surface area contributed by atoms with Gasteiger partial charge in [-0.15, -0.1) is 0 Å². The predicted octanol–water partition coefficient (Wildman–Crippen LogP) is 3.62. The van der Waals surface area contributed by atoms with Crippen molar-refractivity contribution >= 4 is 17.4 Å². The second kappa shape index (κ2) is 6.24. The summed E-state index contributed by atoms with van der Waals surface area (Å²) in [6.45, 7) is 0. The van der Waals surface area contributed by atoms with Gasteiger partial charge in [0.05, 0.1) is 5.92 Å². The van der Waals surface area contributed by atoms with Crippen molar-refractivity contribution in [2.24, 2.45) is 11.8 Å². The van der Waals surface area contributed by atoms with Crippen LogP contribution < -0.4 is 5.73 Å². The molecular weight excluding hydrogens is 290 g/mol. The van der Waals surface area contributed by atoms with Crippen LogP contribution in [0.1, 0.15) is 29.6 Å². The average molecular weight is 309 g/mol. The summed E-state index contributed by atoms with van der Waals surface area (Å²) in [7, 11) is 0. The van der Waals surface area contributed by atoms with Crippen molar-refractivity contribution in [3.8, 4) is 11.1 Å². The van der Waals surface area contributed by atoms with Gasteiger partial charge in [0.25, 0.3) is 0 Å². The topological polar surface area (TPSA) is 80.4 Å². The molecule has 0 radical (unpaired) electrons. The van der Waals surface area contributed by atoms with Gasteiger partial charge >= 0.3 is 5.97 Å². The first kappa shape index (κ1) is 15.3. The van der Waals surface area contributed by atoms with Gasteiger partial charge in [0.1, 0.15) is 0 Å². The van der Waals surface area contributed by atoms with Gasteiger partial charge in [0, 0.05) is 17.2 Å². The highest BCUT2D eigenvalue weighted by molar-refractivity contribution is 6.00. The van der Waals surface area contributed by atoms with Crippen LogP contribution in [0.15, 0.2) is 48.5 Å². The van der Waals surface area contributed by atoms with E-state index in [1.54, 1.807) is 12.1 Å². The first-order valence-corrected chi connectivity index (χ1v) is 7.79. The number of anilines is 1. The van der Waals surface area contributed by atoms with Crippen LogP contribution in [0.25, 0.3) is 11.1 Å². The van der Waals surface area contributed by atoms with E-state index in [4.69, 9.17) is 5.73 Å². The molecule has 1 fully saturated rings. The Morgan fingerprint density at radius 3 is 1.96 bits per heavy atom. The minimum absolute atomic E-state index is 0.0567. The quantitative estimate of drug-likeness (QED) is 0.667. The molecule has 1 aliphatic rings. The molecule has 2 aromatic rings. The van der Waals surface area contributed by atoms with Crippen molar-refractivity contribution in [2.75, 3.05) is 5.73 Å². The van der Waals surface area contributed by atoms with Gasteiger partial charge in [0.2, 0.25) is 0 Å². The van der Waals surface area contributed by atoms with E-state index in [-0.39, 0.29) is 5.78 Å². The van der Waals surface area contributed by atoms with E-state index in [0.29, 0.717) is 24.1 Å². The van der Waals surface area contributed by atoms with Crippen LogP contribution in [0.5, 0.6) is 0 Å². The fourth-order valence-electron chi connectivity index (χ4n) is 3.29. The number of Topliss-reactive ketones (excluding diaryl/α,β-unsaturated/α-hetero) is 1. The number of ketones is 1. The molecule has 2 atom stereocenters. The number of hydrogen-bond acceptors (Lipinski definition) is 3. The van der Waals surface area contributed by atoms with E-state index in [0.717, 1.165) is 17.5 Å². The smallest absolute Gasteiger partial charge is 0.307 e. The summed E-state index contributed by atoms with van der Waals surface area (Å²) in [6.07, 6.45) is 2.06. The number of carbonyl (C=O) groups is 2. The van der Waals surface area contributed by atoms with E-state index < -0.39 is 17.8 Å². The molecule has 2 unspecified atom stereocenters. The Morgan fingerprint density at radius 2 is 1.39 bits per heavy atom. The van der Waals surface area contributed by atoms with Crippen LogP contribution in [-0.2, 0) is 4.79 Å². The summed E-state index contributed by atoms with van der Waals surface area (Å²) in [5.41, 5.74) is 9.01. The molecule has 0 spiro atoms. The Bertz CT molecular complexity index is 719. The molecule has 118 valence electrons. The summed E-state index contributed by atoms with van der Waals surface area (Å²) < 4.78 is 0. The maximum Gasteiger partial charge on any atom is 0.307 e. The Morgan fingerprint density at radius 1 is 0.870 bits per heavy atom. The predicted molar refractivity (Wildman–Crippen MR) is 89.1 cm³/mol. The minimum atomic E-state index is -0.862. The lowest BCUT2D eigenvalue weighted by Crippen LogP contribution is -2.25. The number of benzene rings is 2. The lowest BCUT2D eigenvalue weighted by Gasteiger charge is -2.14. The first-order chi connectivity index (χ1) is 11.1. The first-order valence-electron chi connectivity index (χ1n) is 7.79. The van der Waals surface area contributed by atoms with Crippen molar-refractivity contribution in [1.82, 2.24) is 0 Å². The minimum Gasteiger partial charge on any atom is -0.481 e. The summed E-state index contributed by atoms with van der Waals surface area (Å²) in [6, 6.07) is 14.9. The van der Waals surface area contributed by atoms with Gasteiger partial charge < -0.3 is 10.8 Å². The lowest BCUT2D eigenvalue weighted by atomic mass is 9.88. The van der Waals surface area contributed by atoms with Crippen molar-refractivity contribution in [1.29, 1.82) is 0 Å². The molecule has 4 nitrogen and oxygen atoms in total. The summed E-state index contributed by atoms with van der Waals surface area (Å²) >= 11 is 0. The number of carboxylic acids is 1. The lowest BCUT2D eigenvalue weighted by molar-refractivity contribution is -0.142. The van der Waals surface area contributed by atoms with Gasteiger partial charge in [-0.25, -0.2) is 0 Å². The monoisotopic (exact) mass is 309 g/mol. The summed E-state index contributed by atoms with van der Waals surface area (Å²) in [5.74, 6) is -1.85. The fraction of sp³-hybridized carbons (Fsp3) is 0.263. The highest BCUT2D eigenvalue weighted by Gasteiger charge is 2.37. The highest BCUT2D eigenvalue weighted by Crippen LogP contribution is 2.34. The van der Waals surface area contributed by atoms with Crippen LogP contribution in [0.2, 0.25) is 0 Å². The van der Waals surface area contributed by atoms with Gasteiger partial charge in [-0.3, -0.25) is 9.59 Å². The third-order valence-electron chi connectivity index (χ3n) is 4.58. The zero-order valence-electron chi connectivity index (χ0n) is 12.7. The molecule has 0 amide bonds. The Balaban J connectivity index is 1.80. The maximum absolute atomic E-state index is 12.6. The molecule has 3 rings (SSSR count). The Kier molecular flexibility index (Phi) is 4.15. The van der Waals surface area contributed by atoms with E-state index in [1.807, 2.05) is 36.4 Å². The van der Waals surface area contributed by atoms with Crippen LogP contribution >= 0.6 is 0 Å². The molecule has 1 saturated carbocycles. The van der Waals surface area contributed by atoms with Gasteiger partial charge in [-0.05, 0) is 36.1 Å². The van der Waals surface area contributed by atoms with E-state index in [1.165, 1.54) is 0 Å². The Hall–Kier alpha value is -2.62. The number of nitrogen functional groups attached to an aromatic ring is 1. The van der Waals surface area contributed by atoms with E-state index in [9.17, 15) is 14.7 Å². The van der Waals surface area contributed by atoms with Gasteiger partial charge in [0.15, 0.2) is 5.78 Å². The Labute approximate surface area is 134 Å². The summed E-state index contributed by atoms with van der Waals surface area (Å²) in [5, 5.41) is 9.23. The SMILES string of the molecule is Nc1ccc(-c2ccc(C(=O)C3CCCC3C(=O)O)cc2)cc1. The molecule has 23 heavy (non-hydrogen) atoms. The third kappa shape index (κ3) is 3.11. The molecular formula is C19H19NO3. The molecule has 0 saturated heterocycles. The van der Waals surface area contributed by atoms with Crippen molar-refractivity contribution in [2.45, 2.75) is 19.3 Å². The van der Waals surface area contributed by atoms with Crippen LogP contribution in [0.3, 0.4) is 0 Å². The largest absolute Gasteiger partial charge is 0.481 e. The molecule has 0 aliphatic heterocycles. The van der Waals surface area contributed by atoms with Gasteiger partial charge in [-0.1, -0.05) is 42.8 Å². The standard InChI is InChI=1S/C19H19NO3/c20-15-10-8-13(9-11-15)12-4-6-14(7-5-12)18(21)16-2-1-3-17(16)19(22)23/h4-11,16-17H,1-3,20H2,(H,22,23). The number of aliphatic carboxylic acids is 1. The van der Waals surface area contributed by atoms with E-state index >= 15 is 0 Å². The maximum atomic E-state index is 12.6. The van der Waals surface area contributed by atoms with Crippen LogP contribution in [0, 0.1) is 11.8 Å². The zero-order chi connectivity index (χ0) is 16.4. The number of nitrogens with two attached hydrogens (primary N) is 1. The number of carboxylic acid groups (broad SMARTS) is 1. The number of hydrogen-bond donors (Lipinski definition) is 2. The molecule has 3 N–H and O–H groups in total. The van der Waals surface area contributed by atoms with Crippen molar-refractivity contribution in [3.63, 3.8) is 0 Å². The van der Waals surface area contributed by atoms with Gasteiger partial charge in [-0.2, -0.15) is 0 Å². The van der Waals surface area contributed by atoms with Crippen LogP contribution in [0.4, 0.5) is 5.69 Å². The highest BCUT2D eigenvalue weighted by atomic mass is 16.4. The molecule has 0 bridgehead atoms. The molecule has 4 heteroatoms. The van der Waals surface area contributed by atoms with E-state index in [2.05, 4.69) is 0 Å². The number of rotatable bonds is 4. The summed E-state index contributed by atoms with van der Waals surface area (Å²) in [4.78, 5) is 23.8. The molecule has 0 aromatic heterocycles.